The van der Waals surface area contributed by atoms with Crippen LogP contribution in [-0.2, 0) is 6.61 Å². The molecule has 0 bridgehead atoms. The zero-order chi connectivity index (χ0) is 13.4. The summed E-state index contributed by atoms with van der Waals surface area (Å²) in [6.45, 7) is 1.89. The molecule has 1 N–H and O–H groups in total. The number of rotatable bonds is 3. The monoisotopic (exact) mass is 275 g/mol. The van der Waals surface area contributed by atoms with Crippen molar-refractivity contribution in [3.63, 3.8) is 0 Å². The van der Waals surface area contributed by atoms with Gasteiger partial charge in [0.25, 0.3) is 5.88 Å². The van der Waals surface area contributed by atoms with Crippen molar-refractivity contribution in [2.24, 2.45) is 0 Å². The van der Waals surface area contributed by atoms with Gasteiger partial charge in [-0.3, -0.25) is 0 Å². The molecule has 0 aliphatic heterocycles. The van der Waals surface area contributed by atoms with E-state index >= 15 is 0 Å². The number of aromatic nitrogens is 1. The largest absolute Gasteiger partial charge is 0.478 e. The van der Waals surface area contributed by atoms with Crippen LogP contribution in [0, 0.1) is 6.92 Å². The lowest BCUT2D eigenvalue weighted by Crippen LogP contribution is -1.86. The molecule has 0 amide bonds. The Hall–Kier alpha value is -1.85. The lowest BCUT2D eigenvalue weighted by Gasteiger charge is -1.97. The smallest absolute Gasteiger partial charge is 0.263 e. The van der Waals surface area contributed by atoms with Gasteiger partial charge in [0, 0.05) is 9.58 Å². The first-order valence-electron chi connectivity index (χ1n) is 5.87. The van der Waals surface area contributed by atoms with Crippen LogP contribution >= 0.6 is 11.3 Å². The van der Waals surface area contributed by atoms with Gasteiger partial charge in [0.1, 0.15) is 12.2 Å². The zero-order valence-corrected chi connectivity index (χ0v) is 11.5. The fraction of sp³-hybridized carbons (Fsp3) is 0.214. The zero-order valence-electron chi connectivity index (χ0n) is 10.6. The maximum atomic E-state index is 9.33. The summed E-state index contributed by atoms with van der Waals surface area (Å²) >= 11 is 1.65. The van der Waals surface area contributed by atoms with Crippen molar-refractivity contribution in [3.8, 4) is 16.3 Å². The number of aliphatic hydroxyl groups is 1. The maximum absolute atomic E-state index is 9.33. The van der Waals surface area contributed by atoms with Crippen LogP contribution in [-0.4, -0.2) is 17.4 Å². The van der Waals surface area contributed by atoms with Crippen molar-refractivity contribution >= 4 is 21.4 Å². The van der Waals surface area contributed by atoms with Crippen LogP contribution in [0.5, 0.6) is 5.88 Å². The normalized spacial score (nSPS) is 11.1. The summed E-state index contributed by atoms with van der Waals surface area (Å²) in [6, 6.07) is 8.26. The third kappa shape index (κ3) is 1.91. The second-order valence-electron chi connectivity index (χ2n) is 4.25. The second kappa shape index (κ2) is 4.68. The summed E-state index contributed by atoms with van der Waals surface area (Å²) in [4.78, 5) is 0.992. The molecule has 19 heavy (non-hydrogen) atoms. The highest BCUT2D eigenvalue weighted by Crippen LogP contribution is 2.41. The van der Waals surface area contributed by atoms with Gasteiger partial charge >= 0.3 is 0 Å². The summed E-state index contributed by atoms with van der Waals surface area (Å²) in [5, 5.41) is 14.3. The van der Waals surface area contributed by atoms with Crippen LogP contribution in [0.1, 0.15) is 11.3 Å². The van der Waals surface area contributed by atoms with Crippen molar-refractivity contribution in [2.75, 3.05) is 7.11 Å². The van der Waals surface area contributed by atoms with Crippen LogP contribution in [0.3, 0.4) is 0 Å². The molecule has 4 nitrogen and oxygen atoms in total. The Kier molecular flexibility index (Phi) is 3.00. The Morgan fingerprint density at radius 2 is 2.26 bits per heavy atom. The van der Waals surface area contributed by atoms with Gasteiger partial charge in [-0.25, -0.2) is 0 Å². The van der Waals surface area contributed by atoms with Gasteiger partial charge < -0.3 is 14.4 Å². The van der Waals surface area contributed by atoms with E-state index in [2.05, 4.69) is 30.3 Å². The Morgan fingerprint density at radius 3 is 2.95 bits per heavy atom. The highest BCUT2D eigenvalue weighted by atomic mass is 32.1. The molecule has 0 saturated heterocycles. The van der Waals surface area contributed by atoms with Gasteiger partial charge in [-0.2, -0.15) is 0 Å². The minimum absolute atomic E-state index is 0.196. The molecule has 0 unspecified atom stereocenters. The third-order valence-corrected chi connectivity index (χ3v) is 4.36. The number of nitrogens with zero attached hydrogens (tertiary/aromatic N) is 1. The van der Waals surface area contributed by atoms with Gasteiger partial charge in [0.05, 0.1) is 7.11 Å². The molecule has 0 atom stereocenters. The van der Waals surface area contributed by atoms with E-state index in [9.17, 15) is 5.11 Å². The van der Waals surface area contributed by atoms with E-state index in [0.29, 0.717) is 11.6 Å². The molecule has 5 heteroatoms. The first-order chi connectivity index (χ1) is 9.24. The van der Waals surface area contributed by atoms with Crippen molar-refractivity contribution in [1.29, 1.82) is 0 Å². The first kappa shape index (κ1) is 12.2. The molecule has 3 aromatic rings. The maximum Gasteiger partial charge on any atom is 0.263 e. The topological polar surface area (TPSA) is 55.5 Å². The van der Waals surface area contributed by atoms with E-state index in [0.717, 1.165) is 10.4 Å². The summed E-state index contributed by atoms with van der Waals surface area (Å²) in [5.74, 6) is 0.842. The molecule has 0 radical (unpaired) electrons. The van der Waals surface area contributed by atoms with Gasteiger partial charge in [0.2, 0.25) is 0 Å². The average molecular weight is 275 g/mol. The van der Waals surface area contributed by atoms with Crippen LogP contribution in [0.25, 0.3) is 20.5 Å². The number of ether oxygens (including phenoxy) is 1. The standard InChI is InChI=1S/C14H13NO3S/c1-8-4-3-5-9-6-11(19-13(8)9)12-10(7-16)18-15-14(12)17-2/h3-6,16H,7H2,1-2H3. The predicted molar refractivity (Wildman–Crippen MR) is 74.5 cm³/mol. The molecule has 2 aromatic heterocycles. The second-order valence-corrected chi connectivity index (χ2v) is 5.30. The lowest BCUT2D eigenvalue weighted by molar-refractivity contribution is 0.226. The highest BCUT2D eigenvalue weighted by Gasteiger charge is 2.20. The van der Waals surface area contributed by atoms with Gasteiger partial charge in [-0.1, -0.05) is 18.2 Å². The van der Waals surface area contributed by atoms with E-state index in [1.54, 1.807) is 18.4 Å². The number of benzene rings is 1. The highest BCUT2D eigenvalue weighted by molar-refractivity contribution is 7.22. The molecule has 0 spiro atoms. The van der Waals surface area contributed by atoms with E-state index in [-0.39, 0.29) is 6.61 Å². The van der Waals surface area contributed by atoms with E-state index in [1.165, 1.54) is 15.6 Å². The minimum atomic E-state index is -0.196. The summed E-state index contributed by atoms with van der Waals surface area (Å²) in [6.07, 6.45) is 0. The summed E-state index contributed by atoms with van der Waals surface area (Å²) in [7, 11) is 1.54. The third-order valence-electron chi connectivity index (χ3n) is 3.06. The van der Waals surface area contributed by atoms with E-state index < -0.39 is 0 Å². The van der Waals surface area contributed by atoms with Crippen LogP contribution in [0.4, 0.5) is 0 Å². The molecule has 1 aromatic carbocycles. The average Bonchev–Trinajstić information content (AvgIpc) is 3.01. The molecule has 3 rings (SSSR count). The van der Waals surface area contributed by atoms with Gasteiger partial charge in [0.15, 0.2) is 5.76 Å². The summed E-state index contributed by atoms with van der Waals surface area (Å²) < 4.78 is 11.5. The SMILES string of the molecule is COc1noc(CO)c1-c1cc2cccc(C)c2s1. The van der Waals surface area contributed by atoms with Crippen LogP contribution < -0.4 is 4.74 Å². The van der Waals surface area contributed by atoms with Crippen molar-refractivity contribution < 1.29 is 14.4 Å². The Morgan fingerprint density at radius 1 is 1.42 bits per heavy atom. The molecule has 0 aliphatic rings. The number of hydrogen-bond acceptors (Lipinski definition) is 5. The molecular weight excluding hydrogens is 262 g/mol. The quantitative estimate of drug-likeness (QED) is 0.796. The molecule has 2 heterocycles. The number of hydrogen-bond donors (Lipinski definition) is 1. The van der Waals surface area contributed by atoms with Crippen molar-refractivity contribution in [3.05, 3.63) is 35.6 Å². The predicted octanol–water partition coefficient (Wildman–Crippen LogP) is 3.37. The molecule has 98 valence electrons. The lowest BCUT2D eigenvalue weighted by atomic mass is 10.1. The van der Waals surface area contributed by atoms with Crippen molar-refractivity contribution in [2.45, 2.75) is 13.5 Å². The van der Waals surface area contributed by atoms with Crippen LogP contribution in [0.2, 0.25) is 0 Å². The molecular formula is C14H13NO3S. The fourth-order valence-electron chi connectivity index (χ4n) is 2.13. The Labute approximate surface area is 114 Å². The molecule has 0 aliphatic carbocycles. The molecule has 0 saturated carbocycles. The van der Waals surface area contributed by atoms with E-state index in [1.807, 2.05) is 6.07 Å². The Balaban J connectivity index is 2.24. The van der Waals surface area contributed by atoms with Gasteiger partial charge in [-0.15, -0.1) is 11.3 Å². The Bertz CT molecular complexity index is 708. The minimum Gasteiger partial charge on any atom is -0.478 e. The number of aryl methyl sites for hydroxylation is 1. The van der Waals surface area contributed by atoms with Crippen LogP contribution in [0.15, 0.2) is 28.8 Å². The summed E-state index contributed by atoms with van der Waals surface area (Å²) in [5.41, 5.74) is 1.97. The fourth-order valence-corrected chi connectivity index (χ4v) is 3.31. The number of methoxy groups -OCH3 is 1. The number of aliphatic hydroxyl groups excluding tert-OH is 1. The van der Waals surface area contributed by atoms with E-state index in [4.69, 9.17) is 9.26 Å². The van der Waals surface area contributed by atoms with Gasteiger partial charge in [-0.05, 0) is 29.1 Å². The number of fused-ring (bicyclic) bond motifs is 1. The molecule has 0 fully saturated rings. The number of thiophene rings is 1. The first-order valence-corrected chi connectivity index (χ1v) is 6.69. The van der Waals surface area contributed by atoms with Crippen molar-refractivity contribution in [1.82, 2.24) is 5.16 Å².